The Kier molecular flexibility index (Phi) is 7.62. The summed E-state index contributed by atoms with van der Waals surface area (Å²) in [6.07, 6.45) is 0.570. The van der Waals surface area contributed by atoms with Gasteiger partial charge in [0.15, 0.2) is 5.60 Å². The first-order valence-electron chi connectivity index (χ1n) is 11.6. The molecule has 5 nitrogen and oxygen atoms in total. The number of piperazine rings is 1. The third-order valence-electron chi connectivity index (χ3n) is 6.75. The van der Waals surface area contributed by atoms with E-state index in [4.69, 9.17) is 12.2 Å². The maximum Gasteiger partial charge on any atom is 0.421 e. The first-order valence-corrected chi connectivity index (χ1v) is 13.5. The van der Waals surface area contributed by atoms with E-state index in [1.807, 2.05) is 4.90 Å². The van der Waals surface area contributed by atoms with E-state index in [0.29, 0.717) is 29.5 Å². The van der Waals surface area contributed by atoms with Crippen LogP contribution in [0.1, 0.15) is 24.5 Å². The van der Waals surface area contributed by atoms with Gasteiger partial charge < -0.3 is 10.0 Å². The molecule has 2 aliphatic rings. The fraction of sp³-hybridized carbons (Fsp3) is 0.346. The van der Waals surface area contributed by atoms with E-state index in [2.05, 4.69) is 0 Å². The predicted molar refractivity (Wildman–Crippen MR) is 138 cm³/mol. The van der Waals surface area contributed by atoms with Crippen LogP contribution in [0.5, 0.6) is 0 Å². The first kappa shape index (κ1) is 27.4. The van der Waals surface area contributed by atoms with Gasteiger partial charge in [-0.05, 0) is 48.7 Å². The van der Waals surface area contributed by atoms with Crippen LogP contribution in [0.2, 0.25) is 0 Å². The van der Waals surface area contributed by atoms with Crippen LogP contribution in [0, 0.1) is 5.82 Å². The third-order valence-corrected chi connectivity index (χ3v) is 9.22. The van der Waals surface area contributed by atoms with Gasteiger partial charge in [-0.15, -0.1) is 0 Å². The van der Waals surface area contributed by atoms with E-state index >= 15 is 0 Å². The lowest BCUT2D eigenvalue weighted by Crippen LogP contribution is -2.56. The first-order chi connectivity index (χ1) is 17.3. The van der Waals surface area contributed by atoms with Crippen LogP contribution in [-0.4, -0.2) is 54.5 Å². The van der Waals surface area contributed by atoms with Crippen molar-refractivity contribution in [1.29, 1.82) is 0 Å². The number of halogens is 4. The van der Waals surface area contributed by atoms with Gasteiger partial charge in [0.2, 0.25) is 10.0 Å². The highest BCUT2D eigenvalue weighted by molar-refractivity contribution is 7.96. The SMILES string of the molecule is C[C@@](O)(c1ccc(N2CCN(S(=O)(=O)C3=CC=CCC3=S)C[C@@H]2Cc2ccccc2F)cc1)C(F)(F)F. The van der Waals surface area contributed by atoms with E-state index < -0.39 is 33.7 Å². The maximum atomic E-state index is 14.5. The number of aliphatic hydroxyl groups is 1. The molecule has 0 spiro atoms. The fourth-order valence-electron chi connectivity index (χ4n) is 4.51. The van der Waals surface area contributed by atoms with Crippen LogP contribution in [0.3, 0.4) is 0 Å². The zero-order valence-corrected chi connectivity index (χ0v) is 21.6. The van der Waals surface area contributed by atoms with Crippen molar-refractivity contribution in [3.63, 3.8) is 0 Å². The van der Waals surface area contributed by atoms with Crippen LogP contribution in [0.25, 0.3) is 0 Å². The number of allylic oxidation sites excluding steroid dienone is 4. The second-order valence-electron chi connectivity index (χ2n) is 9.21. The molecule has 0 saturated carbocycles. The molecule has 198 valence electrons. The van der Waals surface area contributed by atoms with Gasteiger partial charge in [-0.3, -0.25) is 0 Å². The summed E-state index contributed by atoms with van der Waals surface area (Å²) in [7, 11) is -3.89. The van der Waals surface area contributed by atoms with E-state index in [-0.39, 0.29) is 36.5 Å². The average Bonchev–Trinajstić information content (AvgIpc) is 2.85. The van der Waals surface area contributed by atoms with Crippen molar-refractivity contribution in [2.24, 2.45) is 0 Å². The molecule has 0 aromatic heterocycles. The number of hydrogen-bond acceptors (Lipinski definition) is 5. The molecule has 0 bridgehead atoms. The molecule has 1 aliphatic carbocycles. The molecular weight excluding hydrogens is 528 g/mol. The Morgan fingerprint density at radius 2 is 1.76 bits per heavy atom. The van der Waals surface area contributed by atoms with Gasteiger partial charge in [-0.1, -0.05) is 54.7 Å². The van der Waals surface area contributed by atoms with Gasteiger partial charge in [-0.25, -0.2) is 12.8 Å². The number of sulfonamides is 1. The van der Waals surface area contributed by atoms with Crippen molar-refractivity contribution < 1.29 is 31.1 Å². The van der Waals surface area contributed by atoms with Crippen molar-refractivity contribution in [3.8, 4) is 0 Å². The van der Waals surface area contributed by atoms with Crippen molar-refractivity contribution >= 4 is 32.8 Å². The van der Waals surface area contributed by atoms with E-state index in [1.54, 1.807) is 30.4 Å². The number of anilines is 1. The summed E-state index contributed by atoms with van der Waals surface area (Å²) in [4.78, 5) is 2.25. The third kappa shape index (κ3) is 5.50. The molecule has 1 heterocycles. The Morgan fingerprint density at radius 3 is 2.38 bits per heavy atom. The number of benzene rings is 2. The number of thiocarbonyl (C=S) groups is 1. The molecule has 4 rings (SSSR count). The summed E-state index contributed by atoms with van der Waals surface area (Å²) in [5.41, 5.74) is -2.41. The summed E-state index contributed by atoms with van der Waals surface area (Å²) in [6.45, 7) is 1.06. The second-order valence-corrected chi connectivity index (χ2v) is 11.6. The Hall–Kier alpha value is -2.60. The van der Waals surface area contributed by atoms with Crippen LogP contribution in [-0.2, 0) is 22.0 Å². The van der Waals surface area contributed by atoms with Crippen molar-refractivity contribution in [2.45, 2.75) is 37.6 Å². The highest BCUT2D eigenvalue weighted by Crippen LogP contribution is 2.39. The molecule has 1 aliphatic heterocycles. The van der Waals surface area contributed by atoms with Crippen molar-refractivity contribution in [2.75, 3.05) is 24.5 Å². The molecule has 11 heteroatoms. The predicted octanol–water partition coefficient (Wildman–Crippen LogP) is 4.87. The van der Waals surface area contributed by atoms with Gasteiger partial charge in [0, 0.05) is 42.6 Å². The van der Waals surface area contributed by atoms with Crippen LogP contribution in [0.4, 0.5) is 23.2 Å². The Bertz CT molecular complexity index is 1340. The molecular formula is C26H26F4N2O3S2. The van der Waals surface area contributed by atoms with Crippen molar-refractivity contribution in [1.82, 2.24) is 4.31 Å². The van der Waals surface area contributed by atoms with Gasteiger partial charge in [0.25, 0.3) is 0 Å². The molecule has 2 aromatic carbocycles. The van der Waals surface area contributed by atoms with E-state index in [9.17, 15) is 31.1 Å². The van der Waals surface area contributed by atoms with Gasteiger partial charge >= 0.3 is 6.18 Å². The summed E-state index contributed by atoms with van der Waals surface area (Å²) < 4.78 is 82.5. The highest BCUT2D eigenvalue weighted by atomic mass is 32.2. The summed E-state index contributed by atoms with van der Waals surface area (Å²) in [5, 5.41) is 10.00. The molecule has 1 fully saturated rings. The minimum absolute atomic E-state index is 0.0301. The smallest absolute Gasteiger partial charge is 0.376 e. The molecule has 0 amide bonds. The molecule has 1 saturated heterocycles. The van der Waals surface area contributed by atoms with Gasteiger partial charge in [-0.2, -0.15) is 17.5 Å². The monoisotopic (exact) mass is 554 g/mol. The van der Waals surface area contributed by atoms with Gasteiger partial charge in [0.05, 0.1) is 4.91 Å². The van der Waals surface area contributed by atoms with Crippen LogP contribution in [0.15, 0.2) is 71.7 Å². The second kappa shape index (κ2) is 10.3. The Labute approximate surface area is 218 Å². The lowest BCUT2D eigenvalue weighted by atomic mass is 9.94. The maximum absolute atomic E-state index is 14.5. The molecule has 2 aromatic rings. The Morgan fingerprint density at radius 1 is 1.08 bits per heavy atom. The Balaban J connectivity index is 1.65. The van der Waals surface area contributed by atoms with Crippen LogP contribution < -0.4 is 4.90 Å². The lowest BCUT2D eigenvalue weighted by molar-refractivity contribution is -0.258. The summed E-state index contributed by atoms with van der Waals surface area (Å²) in [6, 6.07) is 11.0. The van der Waals surface area contributed by atoms with Crippen molar-refractivity contribution in [3.05, 3.63) is 88.6 Å². The highest BCUT2D eigenvalue weighted by Gasteiger charge is 2.51. The number of rotatable bonds is 6. The van der Waals surface area contributed by atoms with Crippen LogP contribution >= 0.6 is 12.2 Å². The minimum Gasteiger partial charge on any atom is -0.376 e. The lowest BCUT2D eigenvalue weighted by Gasteiger charge is -2.43. The zero-order valence-electron chi connectivity index (χ0n) is 20.0. The normalized spacial score (nSPS) is 21.0. The topological polar surface area (TPSA) is 60.9 Å². The quantitative estimate of drug-likeness (QED) is 0.408. The summed E-state index contributed by atoms with van der Waals surface area (Å²) >= 11 is 5.28. The minimum atomic E-state index is -4.86. The largest absolute Gasteiger partial charge is 0.421 e. The molecule has 37 heavy (non-hydrogen) atoms. The molecule has 1 N–H and O–H groups in total. The van der Waals surface area contributed by atoms with E-state index in [1.165, 1.54) is 40.7 Å². The average molecular weight is 555 g/mol. The molecule has 0 radical (unpaired) electrons. The van der Waals surface area contributed by atoms with E-state index in [0.717, 1.165) is 0 Å². The molecule has 2 atom stereocenters. The standard InChI is InChI=1S/C26H26F4N2O3S2/c1-25(33,26(28,29)30)19-10-12-20(13-11-19)32-15-14-31(37(34,35)24-9-5-4-8-23(24)36)17-21(32)16-18-6-2-3-7-22(18)27/h2-7,9-13,21,33H,8,14-17H2,1H3/t21-,25+/m0/s1. The zero-order chi connectivity index (χ0) is 27.0. The number of alkyl halides is 3. The molecule has 0 unspecified atom stereocenters. The number of nitrogens with zero attached hydrogens (tertiary/aromatic N) is 2. The number of hydrogen-bond donors (Lipinski definition) is 1. The fourth-order valence-corrected chi connectivity index (χ4v) is 6.58. The van der Waals surface area contributed by atoms with Gasteiger partial charge in [0.1, 0.15) is 5.82 Å². The summed E-state index contributed by atoms with van der Waals surface area (Å²) in [5.74, 6) is -0.430.